The molecule has 8 nitrogen and oxygen atoms in total. The third-order valence-electron chi connectivity index (χ3n) is 4.88. The van der Waals surface area contributed by atoms with Gasteiger partial charge in [0.25, 0.3) is 5.91 Å². The lowest BCUT2D eigenvalue weighted by Gasteiger charge is -2.31. The van der Waals surface area contributed by atoms with Gasteiger partial charge in [-0.05, 0) is 47.1 Å². The highest BCUT2D eigenvalue weighted by Gasteiger charge is 2.24. The highest BCUT2D eigenvalue weighted by atomic mass is 79.9. The quantitative estimate of drug-likeness (QED) is 0.505. The molecule has 1 amide bonds. The molecule has 0 saturated carbocycles. The Morgan fingerprint density at radius 3 is 2.65 bits per heavy atom. The average Bonchev–Trinajstić information content (AvgIpc) is 3.27. The van der Waals surface area contributed by atoms with E-state index in [-0.39, 0.29) is 17.8 Å². The number of Topliss-reactive ketones (excluding diaryl/α,β-unsaturated/α-hetero) is 1. The Labute approximate surface area is 191 Å². The van der Waals surface area contributed by atoms with E-state index in [1.807, 2.05) is 0 Å². The van der Waals surface area contributed by atoms with Crippen molar-refractivity contribution < 1.29 is 14.3 Å². The monoisotopic (exact) mass is 501 g/mol. The topological polar surface area (TPSA) is 97.3 Å². The molecule has 10 heteroatoms. The summed E-state index contributed by atoms with van der Waals surface area (Å²) >= 11 is 4.84. The number of ether oxygens (including phenoxy) is 1. The summed E-state index contributed by atoms with van der Waals surface area (Å²) in [6.07, 6.45) is 5.05. The van der Waals surface area contributed by atoms with Crippen LogP contribution in [0.2, 0.25) is 0 Å². The maximum Gasteiger partial charge on any atom is 0.316 e. The number of rotatable bonds is 6. The number of anilines is 2. The molecule has 2 aromatic heterocycles. The maximum absolute atomic E-state index is 12.6. The second kappa shape index (κ2) is 9.52. The molecule has 3 heterocycles. The number of hydrogen-bond acceptors (Lipinski definition) is 8. The fraction of sp³-hybridized carbons (Fsp3) is 0.286. The third kappa shape index (κ3) is 5.26. The molecule has 1 aromatic carbocycles. The second-order valence-electron chi connectivity index (χ2n) is 7.06. The summed E-state index contributed by atoms with van der Waals surface area (Å²) < 4.78 is 6.47. The molecule has 0 radical (unpaired) electrons. The fourth-order valence-electron chi connectivity index (χ4n) is 3.20. The minimum Gasteiger partial charge on any atom is -0.460 e. The van der Waals surface area contributed by atoms with Crippen molar-refractivity contribution in [3.05, 3.63) is 57.8 Å². The van der Waals surface area contributed by atoms with E-state index >= 15 is 0 Å². The lowest BCUT2D eigenvalue weighted by Crippen LogP contribution is -2.38. The molecule has 0 aliphatic carbocycles. The van der Waals surface area contributed by atoms with Gasteiger partial charge in [0.2, 0.25) is 0 Å². The molecule has 1 N–H and O–H groups in total. The summed E-state index contributed by atoms with van der Waals surface area (Å²) in [4.78, 5) is 39.0. The van der Waals surface area contributed by atoms with Gasteiger partial charge in [-0.2, -0.15) is 0 Å². The number of hydrogen-bond donors (Lipinski definition) is 1. The van der Waals surface area contributed by atoms with Crippen LogP contribution < -0.4 is 15.0 Å². The average molecular weight is 502 g/mol. The number of thiazole rings is 1. The van der Waals surface area contributed by atoms with E-state index in [0.717, 1.165) is 31.1 Å². The van der Waals surface area contributed by atoms with Crippen LogP contribution in [-0.2, 0) is 0 Å². The Hall–Kier alpha value is -2.85. The minimum absolute atomic E-state index is 0.0341. The Morgan fingerprint density at radius 1 is 1.23 bits per heavy atom. The van der Waals surface area contributed by atoms with E-state index in [1.165, 1.54) is 18.3 Å². The first-order chi connectivity index (χ1) is 15.0. The summed E-state index contributed by atoms with van der Waals surface area (Å²) in [5, 5.41) is 5.40. The van der Waals surface area contributed by atoms with Gasteiger partial charge in [-0.1, -0.05) is 0 Å². The van der Waals surface area contributed by atoms with Gasteiger partial charge >= 0.3 is 6.01 Å². The van der Waals surface area contributed by atoms with E-state index in [0.29, 0.717) is 27.4 Å². The smallest absolute Gasteiger partial charge is 0.316 e. The number of piperidine rings is 1. The number of ketones is 1. The SMILES string of the molecule is CC(=O)c1ccc(NC(=O)c2csc(N3CCC(Oc4ncccn4)CC3)n2)c(Br)c1. The van der Waals surface area contributed by atoms with Crippen LogP contribution in [0.5, 0.6) is 6.01 Å². The van der Waals surface area contributed by atoms with E-state index < -0.39 is 0 Å². The van der Waals surface area contributed by atoms with E-state index in [2.05, 4.69) is 41.1 Å². The molecule has 4 rings (SSSR count). The largest absolute Gasteiger partial charge is 0.460 e. The van der Waals surface area contributed by atoms with E-state index in [9.17, 15) is 9.59 Å². The van der Waals surface area contributed by atoms with Crippen molar-refractivity contribution in [1.82, 2.24) is 15.0 Å². The molecule has 0 bridgehead atoms. The van der Waals surface area contributed by atoms with Crippen LogP contribution in [0.3, 0.4) is 0 Å². The molecule has 0 unspecified atom stereocenters. The highest BCUT2D eigenvalue weighted by Crippen LogP contribution is 2.27. The first kappa shape index (κ1) is 21.4. The highest BCUT2D eigenvalue weighted by molar-refractivity contribution is 9.10. The van der Waals surface area contributed by atoms with Gasteiger partial charge in [0.1, 0.15) is 11.8 Å². The van der Waals surface area contributed by atoms with Crippen LogP contribution in [-0.4, -0.2) is 45.8 Å². The molecule has 1 aliphatic rings. The summed E-state index contributed by atoms with van der Waals surface area (Å²) in [6, 6.07) is 7.23. The molecular formula is C21H20BrN5O3S. The van der Waals surface area contributed by atoms with Crippen molar-refractivity contribution in [1.29, 1.82) is 0 Å². The van der Waals surface area contributed by atoms with Crippen LogP contribution >= 0.6 is 27.3 Å². The molecule has 1 aliphatic heterocycles. The predicted molar refractivity (Wildman–Crippen MR) is 122 cm³/mol. The molecule has 160 valence electrons. The first-order valence-corrected chi connectivity index (χ1v) is 11.4. The number of nitrogens with zero attached hydrogens (tertiary/aromatic N) is 4. The maximum atomic E-state index is 12.6. The van der Waals surface area contributed by atoms with Crippen molar-refractivity contribution >= 4 is 49.8 Å². The fourth-order valence-corrected chi connectivity index (χ4v) is 4.53. The number of carbonyl (C=O) groups is 2. The van der Waals surface area contributed by atoms with Crippen LogP contribution in [0.1, 0.15) is 40.6 Å². The number of benzene rings is 1. The Bertz CT molecular complexity index is 1080. The zero-order valence-electron chi connectivity index (χ0n) is 16.7. The number of carbonyl (C=O) groups excluding carboxylic acids is 2. The van der Waals surface area contributed by atoms with Crippen molar-refractivity contribution in [2.45, 2.75) is 25.9 Å². The zero-order chi connectivity index (χ0) is 21.8. The Balaban J connectivity index is 1.34. The molecule has 0 spiro atoms. The number of amides is 1. The zero-order valence-corrected chi connectivity index (χ0v) is 19.1. The van der Waals surface area contributed by atoms with E-state index in [1.54, 1.807) is 42.0 Å². The number of aromatic nitrogens is 3. The third-order valence-corrected chi connectivity index (χ3v) is 6.43. The van der Waals surface area contributed by atoms with Gasteiger partial charge < -0.3 is 15.0 Å². The van der Waals surface area contributed by atoms with Gasteiger partial charge in [-0.3, -0.25) is 9.59 Å². The number of nitrogens with one attached hydrogen (secondary N) is 1. The normalized spacial score (nSPS) is 14.3. The lowest BCUT2D eigenvalue weighted by atomic mass is 10.1. The van der Waals surface area contributed by atoms with Crippen LogP contribution in [0, 0.1) is 0 Å². The summed E-state index contributed by atoms with van der Waals surface area (Å²) in [5.41, 5.74) is 1.52. The minimum atomic E-state index is -0.293. The van der Waals surface area contributed by atoms with E-state index in [4.69, 9.17) is 4.74 Å². The van der Waals surface area contributed by atoms with Gasteiger partial charge in [-0.15, -0.1) is 11.3 Å². The van der Waals surface area contributed by atoms with Crippen molar-refractivity contribution in [3.63, 3.8) is 0 Å². The van der Waals surface area contributed by atoms with Gasteiger partial charge in [0.05, 0.1) is 5.69 Å². The van der Waals surface area contributed by atoms with Crippen molar-refractivity contribution in [2.75, 3.05) is 23.3 Å². The van der Waals surface area contributed by atoms with Crippen molar-refractivity contribution in [2.24, 2.45) is 0 Å². The number of halogens is 1. The summed E-state index contributed by atoms with van der Waals surface area (Å²) in [7, 11) is 0. The second-order valence-corrected chi connectivity index (χ2v) is 8.75. The molecule has 1 saturated heterocycles. The Morgan fingerprint density at radius 2 is 1.97 bits per heavy atom. The van der Waals surface area contributed by atoms with Crippen LogP contribution in [0.25, 0.3) is 0 Å². The lowest BCUT2D eigenvalue weighted by molar-refractivity contribution is 0.101. The summed E-state index contributed by atoms with van der Waals surface area (Å²) in [5.74, 6) is -0.327. The first-order valence-electron chi connectivity index (χ1n) is 9.75. The standard InChI is InChI=1S/C21H20BrN5O3S/c1-13(28)14-3-4-17(16(22)11-14)25-19(29)18-12-31-21(26-18)27-9-5-15(6-10-27)30-20-23-7-2-8-24-20/h2-4,7-8,11-12,15H,5-6,9-10H2,1H3,(H,25,29). The predicted octanol–water partition coefficient (Wildman–Crippen LogP) is 4.20. The van der Waals surface area contributed by atoms with Crippen LogP contribution in [0.4, 0.5) is 10.8 Å². The summed E-state index contributed by atoms with van der Waals surface area (Å²) in [6.45, 7) is 3.06. The molecule has 1 fully saturated rings. The molecule has 0 atom stereocenters. The molecule has 31 heavy (non-hydrogen) atoms. The molecular weight excluding hydrogens is 482 g/mol. The van der Waals surface area contributed by atoms with Gasteiger partial charge in [0, 0.05) is 53.7 Å². The van der Waals surface area contributed by atoms with Gasteiger partial charge in [-0.25, -0.2) is 15.0 Å². The molecule has 3 aromatic rings. The van der Waals surface area contributed by atoms with Crippen molar-refractivity contribution in [3.8, 4) is 6.01 Å². The van der Waals surface area contributed by atoms with Crippen LogP contribution in [0.15, 0.2) is 46.5 Å². The van der Waals surface area contributed by atoms with Gasteiger partial charge in [0.15, 0.2) is 10.9 Å². The Kier molecular flexibility index (Phi) is 6.57.